The molecule has 6 atom stereocenters. The molecule has 26 nitrogen and oxygen atoms in total. The van der Waals surface area contributed by atoms with Gasteiger partial charge in [-0.2, -0.15) is 0 Å². The zero-order valence-electron chi connectivity index (χ0n) is 32.3. The van der Waals surface area contributed by atoms with Crippen molar-refractivity contribution in [2.75, 3.05) is 6.61 Å². The van der Waals surface area contributed by atoms with Gasteiger partial charge in [0, 0.05) is 23.1 Å². The fraction of sp³-hybridized carbons (Fsp3) is 0.200. The highest BCUT2D eigenvalue weighted by Gasteiger charge is 2.58. The summed E-state index contributed by atoms with van der Waals surface area (Å²) in [5, 5.41) is 148. The number of esters is 4. The van der Waals surface area contributed by atoms with E-state index in [0.29, 0.717) is 30.3 Å². The van der Waals surface area contributed by atoms with Crippen LogP contribution in [0.25, 0.3) is 16.7 Å². The summed E-state index contributed by atoms with van der Waals surface area (Å²) in [6.07, 6.45) is -13.0. The lowest BCUT2D eigenvalue weighted by molar-refractivity contribution is -0.283. The summed E-state index contributed by atoms with van der Waals surface area (Å²) in [4.78, 5) is 80.4. The van der Waals surface area contributed by atoms with Crippen molar-refractivity contribution in [1.82, 2.24) is 0 Å². The van der Waals surface area contributed by atoms with Crippen molar-refractivity contribution in [2.45, 2.75) is 42.9 Å². The standard InChI is InChI=1S/C40H28O26/c41-14-1-8(2-15(42)24(14)47)35(56)65-39-33(64-38(59)13-3-11-22-12(34(54)55)6-19(45)40(22,60)66-31(11)30(53)23(13)46)32-27(50)18(62-39)7-61-36(57)9-4-16(43)25(48)28(51)20(9)21-10(37(58)63-32)5-17(44)26(49)29(21)52/h1-5,18,27,32-33,39,41-44,46-53,60H,6-7H2,(H,54,55)/t18-,27-,32+,33-,39+,40?/m1/s1. The first-order valence-corrected chi connectivity index (χ1v) is 18.4. The lowest BCUT2D eigenvalue weighted by Crippen LogP contribution is -2.62. The van der Waals surface area contributed by atoms with Crippen molar-refractivity contribution in [3.63, 3.8) is 0 Å². The fourth-order valence-corrected chi connectivity index (χ4v) is 7.59. The van der Waals surface area contributed by atoms with E-state index in [-0.39, 0.29) is 0 Å². The van der Waals surface area contributed by atoms with E-state index < -0.39 is 204 Å². The van der Waals surface area contributed by atoms with Crippen LogP contribution in [0.3, 0.4) is 0 Å². The number of phenols is 11. The number of aliphatic hydroxyl groups is 2. The fourth-order valence-electron chi connectivity index (χ4n) is 7.59. The molecule has 3 aliphatic heterocycles. The molecule has 26 heteroatoms. The number of hydrogen-bond acceptors (Lipinski definition) is 25. The number of cyclic esters (lactones) is 1. The Morgan fingerprint density at radius 2 is 1.21 bits per heavy atom. The highest BCUT2D eigenvalue weighted by Crippen LogP contribution is 2.57. The molecule has 0 aromatic heterocycles. The number of carboxylic acids is 1. The number of carbonyl (C=O) groups is 6. The third kappa shape index (κ3) is 6.54. The van der Waals surface area contributed by atoms with Crippen LogP contribution in [0.4, 0.5) is 0 Å². The van der Waals surface area contributed by atoms with Crippen LogP contribution < -0.4 is 4.74 Å². The van der Waals surface area contributed by atoms with Crippen LogP contribution in [-0.2, 0) is 33.3 Å². The van der Waals surface area contributed by atoms with E-state index in [2.05, 4.69) is 0 Å². The van der Waals surface area contributed by atoms with Crippen molar-refractivity contribution in [3.8, 4) is 80.1 Å². The minimum absolute atomic E-state index is 0.380. The van der Waals surface area contributed by atoms with Crippen molar-refractivity contribution in [1.29, 1.82) is 0 Å². The minimum atomic E-state index is -3.02. The Balaban J connectivity index is 1.28. The molecule has 1 saturated heterocycles. The van der Waals surface area contributed by atoms with Crippen molar-refractivity contribution >= 4 is 41.2 Å². The number of fused-ring (bicyclic) bond motifs is 8. The maximum Gasteiger partial charge on any atom is 0.342 e. The summed E-state index contributed by atoms with van der Waals surface area (Å²) in [7, 11) is 0. The van der Waals surface area contributed by atoms with E-state index in [1.165, 1.54) is 0 Å². The molecule has 1 aliphatic carbocycles. The second kappa shape index (κ2) is 15.1. The predicted molar refractivity (Wildman–Crippen MR) is 202 cm³/mol. The van der Waals surface area contributed by atoms with Gasteiger partial charge in [-0.25, -0.2) is 24.0 Å². The number of ether oxygens (including phenoxy) is 6. The number of aliphatic carboxylic acids is 1. The third-order valence-electron chi connectivity index (χ3n) is 10.8. The number of aliphatic hydroxyl groups excluding tert-OH is 1. The highest BCUT2D eigenvalue weighted by molar-refractivity contribution is 6.18. The molecule has 4 aromatic rings. The second-order valence-electron chi connectivity index (χ2n) is 14.7. The highest BCUT2D eigenvalue weighted by atomic mass is 16.7. The number of Topliss-reactive ketones (excluding diaryl/α,β-unsaturated/α-hetero) is 1. The molecule has 1 unspecified atom stereocenters. The smallest absolute Gasteiger partial charge is 0.342 e. The molecule has 4 aliphatic rings. The molecule has 8 rings (SSSR count). The number of ketones is 1. The number of aromatic hydroxyl groups is 11. The van der Waals surface area contributed by atoms with Crippen LogP contribution in [0.2, 0.25) is 0 Å². The van der Waals surface area contributed by atoms with E-state index in [4.69, 9.17) is 28.4 Å². The summed E-state index contributed by atoms with van der Waals surface area (Å²) in [5.41, 5.74) is -8.32. The normalized spacial score (nSPS) is 23.1. The molecule has 2 bridgehead atoms. The van der Waals surface area contributed by atoms with Gasteiger partial charge in [-0.05, 0) is 30.3 Å². The topological polar surface area (TPSA) is 441 Å². The summed E-state index contributed by atoms with van der Waals surface area (Å²) >= 11 is 0. The van der Waals surface area contributed by atoms with Gasteiger partial charge >= 0.3 is 29.8 Å². The molecule has 0 amide bonds. The predicted octanol–water partition coefficient (Wildman–Crippen LogP) is -0.129. The Labute approximate surface area is 362 Å². The van der Waals surface area contributed by atoms with Gasteiger partial charge in [0.05, 0.1) is 27.8 Å². The van der Waals surface area contributed by atoms with Crippen molar-refractivity contribution in [3.05, 3.63) is 63.7 Å². The molecule has 3 heterocycles. The first kappa shape index (κ1) is 43.8. The molecule has 14 N–H and O–H groups in total. The Morgan fingerprint density at radius 3 is 1.79 bits per heavy atom. The number of carboxylic acid groups (broad SMARTS) is 1. The largest absolute Gasteiger partial charge is 0.504 e. The van der Waals surface area contributed by atoms with E-state index in [1.54, 1.807) is 0 Å². The first-order valence-electron chi connectivity index (χ1n) is 18.4. The Kier molecular flexibility index (Phi) is 10.0. The van der Waals surface area contributed by atoms with Gasteiger partial charge in [-0.15, -0.1) is 0 Å². The van der Waals surface area contributed by atoms with Crippen LogP contribution in [0.1, 0.15) is 53.4 Å². The molecule has 4 aromatic carbocycles. The van der Waals surface area contributed by atoms with E-state index in [0.717, 1.165) is 0 Å². The van der Waals surface area contributed by atoms with E-state index in [9.17, 15) is 100 Å². The van der Waals surface area contributed by atoms with Gasteiger partial charge in [0.25, 0.3) is 5.79 Å². The van der Waals surface area contributed by atoms with Crippen LogP contribution in [0.5, 0.6) is 69.0 Å². The Morgan fingerprint density at radius 1 is 0.652 bits per heavy atom. The summed E-state index contributed by atoms with van der Waals surface area (Å²) < 4.78 is 32.4. The molecule has 0 radical (unpaired) electrons. The molecular weight excluding hydrogens is 896 g/mol. The van der Waals surface area contributed by atoms with Gasteiger partial charge < -0.3 is 99.9 Å². The molecule has 344 valence electrons. The van der Waals surface area contributed by atoms with Crippen molar-refractivity contribution < 1.29 is 129 Å². The zero-order valence-corrected chi connectivity index (χ0v) is 32.3. The van der Waals surface area contributed by atoms with E-state index >= 15 is 0 Å². The maximum atomic E-state index is 14.3. The lowest BCUT2D eigenvalue weighted by Gasteiger charge is -2.42. The summed E-state index contributed by atoms with van der Waals surface area (Å²) in [5.74, 6) is -27.9. The maximum absolute atomic E-state index is 14.3. The second-order valence-corrected chi connectivity index (χ2v) is 14.7. The number of hydrogen-bond donors (Lipinski definition) is 14. The zero-order chi connectivity index (χ0) is 48.2. The molecule has 0 saturated carbocycles. The Bertz CT molecular complexity index is 2910. The van der Waals surface area contributed by atoms with Gasteiger partial charge in [0.1, 0.15) is 24.4 Å². The van der Waals surface area contributed by atoms with E-state index in [1.807, 2.05) is 0 Å². The minimum Gasteiger partial charge on any atom is -0.504 e. The number of rotatable bonds is 5. The number of benzene rings is 4. The van der Waals surface area contributed by atoms with Crippen LogP contribution in [0, 0.1) is 0 Å². The van der Waals surface area contributed by atoms with Gasteiger partial charge in [0.15, 0.2) is 57.8 Å². The quantitative estimate of drug-likeness (QED) is 0.0704. The van der Waals surface area contributed by atoms with Crippen LogP contribution >= 0.6 is 0 Å². The molecular formula is C40H28O26. The summed E-state index contributed by atoms with van der Waals surface area (Å²) in [6, 6.07) is 2.57. The van der Waals surface area contributed by atoms with Gasteiger partial charge in [0.2, 0.25) is 35.4 Å². The van der Waals surface area contributed by atoms with Gasteiger partial charge in [-0.1, -0.05) is 0 Å². The molecule has 0 spiro atoms. The monoisotopic (exact) mass is 924 g/mol. The average Bonchev–Trinajstić information content (AvgIpc) is 3.71. The molecule has 1 fully saturated rings. The number of carbonyl (C=O) groups excluding carboxylic acids is 5. The number of phenolic OH excluding ortho intramolecular Hbond substituents is 11. The first-order chi connectivity index (χ1) is 31.0. The average molecular weight is 925 g/mol. The third-order valence-corrected chi connectivity index (χ3v) is 10.8. The lowest BCUT2D eigenvalue weighted by atomic mass is 9.91. The molecule has 66 heavy (non-hydrogen) atoms. The Hall–Kier alpha value is -8.88. The van der Waals surface area contributed by atoms with Crippen molar-refractivity contribution in [2.24, 2.45) is 0 Å². The summed E-state index contributed by atoms with van der Waals surface area (Å²) in [6.45, 7) is -1.19. The van der Waals surface area contributed by atoms with Crippen LogP contribution in [-0.4, -0.2) is 150 Å². The van der Waals surface area contributed by atoms with Gasteiger partial charge in [-0.3, -0.25) is 4.79 Å². The van der Waals surface area contributed by atoms with Crippen LogP contribution in [0.15, 0.2) is 35.9 Å². The SMILES string of the molecule is O=C(O)C1=C2c3cc(C(=O)O[C@H]4[C@H](OC(=O)c5cc(O)c(O)c(O)c5)O[C@@H]5COC(=O)c6cc(O)c(O)c(O)c6-c6c(cc(O)c(O)c6O)C(=O)O[C@H]4[C@@H]5O)c(O)c(O)c3OC2(O)C(=O)C1.